The van der Waals surface area contributed by atoms with E-state index in [0.717, 1.165) is 0 Å². The van der Waals surface area contributed by atoms with E-state index in [1.165, 1.54) is 6.21 Å². The predicted molar refractivity (Wildman–Crippen MR) is 62.0 cm³/mol. The Labute approximate surface area is 97.3 Å². The molecule has 0 radical (unpaired) electrons. The van der Waals surface area contributed by atoms with Gasteiger partial charge in [-0.15, -0.1) is 5.10 Å². The molecule has 0 saturated heterocycles. The summed E-state index contributed by atoms with van der Waals surface area (Å²) in [5.74, 6) is 0.363. The third kappa shape index (κ3) is 4.16. The van der Waals surface area contributed by atoms with E-state index in [1.807, 2.05) is 6.07 Å². The number of rotatable bonds is 4. The smallest absolute Gasteiger partial charge is 0.237 e. The highest BCUT2D eigenvalue weighted by Crippen LogP contribution is 2.22. The van der Waals surface area contributed by atoms with Gasteiger partial charge in [-0.1, -0.05) is 23.7 Å². The van der Waals surface area contributed by atoms with Crippen LogP contribution < -0.4 is 16.0 Å². The summed E-state index contributed by atoms with van der Waals surface area (Å²) in [6.07, 6.45) is 1.38. The molecule has 0 heterocycles. The molecule has 0 aliphatic rings. The van der Waals surface area contributed by atoms with Crippen LogP contribution in [0.4, 0.5) is 0 Å². The van der Waals surface area contributed by atoms with Crippen molar-refractivity contribution in [3.63, 3.8) is 0 Å². The van der Waals surface area contributed by atoms with Crippen molar-refractivity contribution in [3.8, 4) is 5.75 Å². The van der Waals surface area contributed by atoms with Crippen LogP contribution in [0.2, 0.25) is 5.02 Å². The first-order valence-corrected chi connectivity index (χ1v) is 4.74. The zero-order chi connectivity index (χ0) is 11.8. The summed E-state index contributed by atoms with van der Waals surface area (Å²) >= 11 is 5.85. The predicted octanol–water partition coefficient (Wildman–Crippen LogP) is 0.998. The van der Waals surface area contributed by atoms with Crippen molar-refractivity contribution in [2.75, 3.05) is 6.61 Å². The van der Waals surface area contributed by atoms with Crippen molar-refractivity contribution < 1.29 is 9.94 Å². The Kier molecular flexibility index (Phi) is 5.10. The lowest BCUT2D eigenvalue weighted by Crippen LogP contribution is -2.27. The lowest BCUT2D eigenvalue weighted by atomic mass is 10.3. The van der Waals surface area contributed by atoms with Gasteiger partial charge in [0.25, 0.3) is 0 Å². The standard InChI is InChI=1S/C9H11ClN4O2/c10-7-3-1-2-4-8(7)16-6-5-12-13-9(11)14-15/h1-5,15H,6H2,(H3,11,13,14)/b12-5-. The number of hydrogen-bond acceptors (Lipinski definition) is 4. The highest BCUT2D eigenvalue weighted by atomic mass is 35.5. The number of hydrogen-bond donors (Lipinski definition) is 3. The summed E-state index contributed by atoms with van der Waals surface area (Å²) in [6.45, 7) is 0.200. The molecule has 1 aromatic carbocycles. The average Bonchev–Trinajstić information content (AvgIpc) is 2.30. The molecule has 0 bridgehead atoms. The van der Waals surface area contributed by atoms with Gasteiger partial charge in [0.15, 0.2) is 0 Å². The zero-order valence-corrected chi connectivity index (χ0v) is 9.05. The highest BCUT2D eigenvalue weighted by molar-refractivity contribution is 6.32. The molecular formula is C9H11ClN4O2. The topological polar surface area (TPSA) is 92.2 Å². The van der Waals surface area contributed by atoms with E-state index in [4.69, 9.17) is 27.3 Å². The molecule has 6 nitrogen and oxygen atoms in total. The van der Waals surface area contributed by atoms with Crippen LogP contribution in [0.1, 0.15) is 0 Å². The first-order valence-electron chi connectivity index (χ1n) is 4.36. The number of halogens is 1. The van der Waals surface area contributed by atoms with Gasteiger partial charge in [0, 0.05) is 0 Å². The van der Waals surface area contributed by atoms with Gasteiger partial charge in [0.05, 0.1) is 11.2 Å². The molecule has 0 amide bonds. The van der Waals surface area contributed by atoms with E-state index < -0.39 is 0 Å². The van der Waals surface area contributed by atoms with Crippen molar-refractivity contribution in [1.82, 2.24) is 5.48 Å². The maximum absolute atomic E-state index is 8.28. The second kappa shape index (κ2) is 6.65. The second-order valence-electron chi connectivity index (χ2n) is 2.64. The monoisotopic (exact) mass is 242 g/mol. The Morgan fingerprint density at radius 2 is 2.31 bits per heavy atom. The molecule has 4 N–H and O–H groups in total. The summed E-state index contributed by atoms with van der Waals surface area (Å²) < 4.78 is 5.28. The van der Waals surface area contributed by atoms with Crippen molar-refractivity contribution in [1.29, 1.82) is 0 Å². The van der Waals surface area contributed by atoms with E-state index in [2.05, 4.69) is 10.2 Å². The molecule has 1 aromatic rings. The quantitative estimate of drug-likeness (QED) is 0.417. The largest absolute Gasteiger partial charge is 0.486 e. The summed E-state index contributed by atoms with van der Waals surface area (Å²) in [4.78, 5) is 0. The number of nitrogens with zero attached hydrogens (tertiary/aromatic N) is 2. The lowest BCUT2D eigenvalue weighted by molar-refractivity contribution is 0.232. The third-order valence-electron chi connectivity index (χ3n) is 1.51. The van der Waals surface area contributed by atoms with Gasteiger partial charge >= 0.3 is 0 Å². The van der Waals surface area contributed by atoms with Crippen LogP contribution in [0, 0.1) is 0 Å². The third-order valence-corrected chi connectivity index (χ3v) is 1.82. The Morgan fingerprint density at radius 1 is 1.56 bits per heavy atom. The SMILES string of the molecule is NC(=N/N=C\COc1ccccc1Cl)NO. The molecule has 0 saturated carbocycles. The van der Waals surface area contributed by atoms with Crippen LogP contribution in [0.3, 0.4) is 0 Å². The summed E-state index contributed by atoms with van der Waals surface area (Å²) in [5.41, 5.74) is 6.74. The lowest BCUT2D eigenvalue weighted by Gasteiger charge is -2.03. The van der Waals surface area contributed by atoms with Crippen LogP contribution >= 0.6 is 11.6 Å². The minimum Gasteiger partial charge on any atom is -0.486 e. The highest BCUT2D eigenvalue weighted by Gasteiger charge is 1.96. The van der Waals surface area contributed by atoms with Gasteiger partial charge in [0.1, 0.15) is 12.4 Å². The second-order valence-corrected chi connectivity index (χ2v) is 3.04. The first kappa shape index (κ1) is 12.3. The van der Waals surface area contributed by atoms with Crippen molar-refractivity contribution in [3.05, 3.63) is 29.3 Å². The molecular weight excluding hydrogens is 232 g/mol. The summed E-state index contributed by atoms with van der Waals surface area (Å²) in [6, 6.07) is 7.08. The molecule has 0 spiro atoms. The van der Waals surface area contributed by atoms with Gasteiger partial charge in [-0.2, -0.15) is 5.10 Å². The van der Waals surface area contributed by atoms with Gasteiger partial charge in [-0.05, 0) is 12.1 Å². The molecule has 0 atom stereocenters. The molecule has 16 heavy (non-hydrogen) atoms. The molecule has 0 aliphatic heterocycles. The number of guanidine groups is 1. The number of nitrogens with one attached hydrogen (secondary N) is 1. The number of nitrogens with two attached hydrogens (primary N) is 1. The fraction of sp³-hybridized carbons (Fsp3) is 0.111. The first-order chi connectivity index (χ1) is 7.74. The molecule has 86 valence electrons. The maximum atomic E-state index is 8.28. The normalized spacial score (nSPS) is 11.8. The van der Waals surface area contributed by atoms with Crippen LogP contribution in [-0.4, -0.2) is 24.0 Å². The van der Waals surface area contributed by atoms with Crippen LogP contribution in [0.15, 0.2) is 34.5 Å². The summed E-state index contributed by atoms with van der Waals surface area (Å²) in [7, 11) is 0. The number of hydroxylamine groups is 1. The molecule has 0 fully saturated rings. The molecule has 7 heteroatoms. The number of benzene rings is 1. The zero-order valence-electron chi connectivity index (χ0n) is 8.30. The Hall–Kier alpha value is -1.79. The fourth-order valence-electron chi connectivity index (χ4n) is 0.848. The van der Waals surface area contributed by atoms with Gasteiger partial charge < -0.3 is 10.5 Å². The van der Waals surface area contributed by atoms with E-state index in [-0.39, 0.29) is 12.6 Å². The Bertz CT molecular complexity index is 395. The van der Waals surface area contributed by atoms with Crippen molar-refractivity contribution >= 4 is 23.8 Å². The minimum atomic E-state index is -0.200. The maximum Gasteiger partial charge on any atom is 0.237 e. The van der Waals surface area contributed by atoms with Crippen molar-refractivity contribution in [2.24, 2.45) is 15.9 Å². The number of para-hydroxylation sites is 1. The van der Waals surface area contributed by atoms with Crippen LogP contribution in [-0.2, 0) is 0 Å². The fourth-order valence-corrected chi connectivity index (χ4v) is 1.04. The van der Waals surface area contributed by atoms with E-state index >= 15 is 0 Å². The van der Waals surface area contributed by atoms with E-state index in [0.29, 0.717) is 10.8 Å². The molecule has 0 aliphatic carbocycles. The molecule has 0 unspecified atom stereocenters. The van der Waals surface area contributed by atoms with Crippen LogP contribution in [0.5, 0.6) is 5.75 Å². The molecule has 1 rings (SSSR count). The Balaban J connectivity index is 2.39. The summed E-state index contributed by atoms with van der Waals surface area (Å²) in [5, 5.41) is 15.7. The van der Waals surface area contributed by atoms with Crippen molar-refractivity contribution in [2.45, 2.75) is 0 Å². The Morgan fingerprint density at radius 3 is 3.00 bits per heavy atom. The van der Waals surface area contributed by atoms with Crippen LogP contribution in [0.25, 0.3) is 0 Å². The average molecular weight is 243 g/mol. The van der Waals surface area contributed by atoms with E-state index in [9.17, 15) is 0 Å². The van der Waals surface area contributed by atoms with Gasteiger partial charge in [0.2, 0.25) is 5.96 Å². The molecule has 0 aromatic heterocycles. The minimum absolute atomic E-state index is 0.200. The number of ether oxygens (including phenoxy) is 1. The van der Waals surface area contributed by atoms with Gasteiger partial charge in [-0.25, -0.2) is 5.48 Å². The van der Waals surface area contributed by atoms with E-state index in [1.54, 1.807) is 23.7 Å². The van der Waals surface area contributed by atoms with Gasteiger partial charge in [-0.3, -0.25) is 5.21 Å².